The largest absolute Gasteiger partial charge is 0.489 e. The highest BCUT2D eigenvalue weighted by atomic mass is 31.2. The molecule has 0 spiro atoms. The highest BCUT2D eigenvalue weighted by Crippen LogP contribution is 2.42. The molecule has 0 saturated heterocycles. The van der Waals surface area contributed by atoms with Crippen LogP contribution in [0.25, 0.3) is 0 Å². The molecule has 0 saturated carbocycles. The van der Waals surface area contributed by atoms with Crippen molar-refractivity contribution in [2.75, 3.05) is 12.8 Å². The van der Waals surface area contributed by atoms with E-state index in [1.165, 1.54) is 0 Å². The van der Waals surface area contributed by atoms with Crippen molar-refractivity contribution in [3.8, 4) is 5.75 Å². The normalized spacial score (nSPS) is 13.5. The summed E-state index contributed by atoms with van der Waals surface area (Å²) < 4.78 is 34.3. The number of hydrogen-bond donors (Lipinski definition) is 2. The van der Waals surface area contributed by atoms with Gasteiger partial charge >= 0.3 is 19.7 Å². The van der Waals surface area contributed by atoms with E-state index in [1.807, 2.05) is 84.9 Å². The van der Waals surface area contributed by atoms with Gasteiger partial charge in [0.15, 0.2) is 0 Å². The molecule has 0 bridgehead atoms. The number of amides is 1. The molecule has 1 amide bonds. The quantitative estimate of drug-likeness (QED) is 0.174. The van der Waals surface area contributed by atoms with Gasteiger partial charge in [0.05, 0.1) is 25.2 Å². The summed E-state index contributed by atoms with van der Waals surface area (Å²) in [5.41, 5.74) is 1.99. The fraction of sp³-hybridized carbons (Fsp3) is 0.355. The number of carbonyl (C=O) groups is 2. The summed E-state index contributed by atoms with van der Waals surface area (Å²) in [6.45, 7) is 5.47. The van der Waals surface area contributed by atoms with Crippen molar-refractivity contribution in [3.05, 3.63) is 102 Å². The smallest absolute Gasteiger partial charge is 0.407 e. The van der Waals surface area contributed by atoms with E-state index < -0.39 is 37.5 Å². The first-order valence-corrected chi connectivity index (χ1v) is 15.1. The Morgan fingerprint density at radius 3 is 2.02 bits per heavy atom. The van der Waals surface area contributed by atoms with Crippen molar-refractivity contribution in [2.45, 2.75) is 58.5 Å². The minimum Gasteiger partial charge on any atom is -0.489 e. The van der Waals surface area contributed by atoms with E-state index in [0.717, 1.165) is 16.7 Å². The second kappa shape index (κ2) is 15.4. The fourth-order valence-electron chi connectivity index (χ4n) is 3.69. The van der Waals surface area contributed by atoms with Crippen molar-refractivity contribution in [1.82, 2.24) is 5.32 Å². The monoisotopic (exact) mass is 583 g/mol. The highest BCUT2D eigenvalue weighted by molar-refractivity contribution is 7.52. The average molecular weight is 584 g/mol. The number of esters is 1. The molecule has 2 atom stereocenters. The molecule has 3 aromatic carbocycles. The first-order valence-electron chi connectivity index (χ1n) is 13.4. The molecule has 2 N–H and O–H groups in total. The van der Waals surface area contributed by atoms with Gasteiger partial charge in [0, 0.05) is 0 Å². The second-order valence-electron chi connectivity index (χ2n) is 10.5. The summed E-state index contributed by atoms with van der Waals surface area (Å²) in [6, 6.07) is 25.6. The van der Waals surface area contributed by atoms with Crippen LogP contribution in [0.15, 0.2) is 84.9 Å². The molecule has 0 aromatic heterocycles. The number of carbonyl (C=O) groups excluding carboxylic acids is 2. The van der Waals surface area contributed by atoms with Crippen LogP contribution >= 0.6 is 7.60 Å². The van der Waals surface area contributed by atoms with Crippen LogP contribution in [0.2, 0.25) is 0 Å². The van der Waals surface area contributed by atoms with Crippen LogP contribution in [0.1, 0.15) is 43.9 Å². The molecule has 10 heteroatoms. The zero-order chi connectivity index (χ0) is 29.7. The van der Waals surface area contributed by atoms with E-state index in [2.05, 4.69) is 5.32 Å². The zero-order valence-corrected chi connectivity index (χ0v) is 24.5. The van der Waals surface area contributed by atoms with Crippen LogP contribution in [0.5, 0.6) is 5.75 Å². The summed E-state index contributed by atoms with van der Waals surface area (Å²) in [5, 5.41) is 2.72. The number of hydrogen-bond acceptors (Lipinski definition) is 7. The Morgan fingerprint density at radius 1 is 0.854 bits per heavy atom. The molecule has 220 valence electrons. The van der Waals surface area contributed by atoms with Crippen LogP contribution in [0, 0.1) is 0 Å². The predicted octanol–water partition coefficient (Wildman–Crippen LogP) is 6.04. The molecule has 0 aliphatic carbocycles. The SMILES string of the molecule is CC(C)(C)OC(=O)NC(COP(=O)(O)CCC(=O)OCc1ccccc1)Cc1ccc(OCc2ccccc2)cc1. The van der Waals surface area contributed by atoms with Crippen LogP contribution in [0.3, 0.4) is 0 Å². The van der Waals surface area contributed by atoms with Crippen molar-refractivity contribution < 1.29 is 37.8 Å². The lowest BCUT2D eigenvalue weighted by Gasteiger charge is -2.24. The van der Waals surface area contributed by atoms with Crippen molar-refractivity contribution in [2.24, 2.45) is 0 Å². The average Bonchev–Trinajstić information content (AvgIpc) is 2.93. The summed E-state index contributed by atoms with van der Waals surface area (Å²) in [4.78, 5) is 34.9. The van der Waals surface area contributed by atoms with Gasteiger partial charge in [-0.15, -0.1) is 0 Å². The first kappa shape index (κ1) is 31.9. The van der Waals surface area contributed by atoms with Crippen molar-refractivity contribution >= 4 is 19.7 Å². The first-order chi connectivity index (χ1) is 19.5. The Balaban J connectivity index is 1.54. The Morgan fingerprint density at radius 2 is 1.44 bits per heavy atom. The topological polar surface area (TPSA) is 120 Å². The van der Waals surface area contributed by atoms with E-state index in [-0.39, 0.29) is 19.6 Å². The summed E-state index contributed by atoms with van der Waals surface area (Å²) in [5.74, 6) is 0.0780. The van der Waals surface area contributed by atoms with Gasteiger partial charge in [0.2, 0.25) is 0 Å². The molecule has 2 unspecified atom stereocenters. The number of rotatable bonds is 14. The molecule has 0 aliphatic heterocycles. The van der Waals surface area contributed by atoms with Gasteiger partial charge in [0.1, 0.15) is 24.6 Å². The summed E-state index contributed by atoms with van der Waals surface area (Å²) in [6.07, 6.45) is -1.06. The lowest BCUT2D eigenvalue weighted by atomic mass is 10.1. The predicted molar refractivity (Wildman–Crippen MR) is 156 cm³/mol. The third-order valence-electron chi connectivity index (χ3n) is 5.69. The van der Waals surface area contributed by atoms with Crippen LogP contribution < -0.4 is 10.1 Å². The van der Waals surface area contributed by atoms with Gasteiger partial charge < -0.3 is 28.9 Å². The third kappa shape index (κ3) is 13.0. The van der Waals surface area contributed by atoms with Gasteiger partial charge in [-0.05, 0) is 56.0 Å². The van der Waals surface area contributed by atoms with Gasteiger partial charge in [-0.25, -0.2) is 4.79 Å². The zero-order valence-electron chi connectivity index (χ0n) is 23.7. The number of ether oxygens (including phenoxy) is 3. The summed E-state index contributed by atoms with van der Waals surface area (Å²) in [7, 11) is -4.14. The third-order valence-corrected chi connectivity index (χ3v) is 7.03. The maximum Gasteiger partial charge on any atom is 0.407 e. The van der Waals surface area contributed by atoms with E-state index >= 15 is 0 Å². The van der Waals surface area contributed by atoms with Gasteiger partial charge in [-0.2, -0.15) is 0 Å². The molecular weight excluding hydrogens is 545 g/mol. The van der Waals surface area contributed by atoms with E-state index in [1.54, 1.807) is 20.8 Å². The fourth-order valence-corrected chi connectivity index (χ4v) is 4.69. The molecule has 3 aromatic rings. The van der Waals surface area contributed by atoms with Crippen molar-refractivity contribution in [1.29, 1.82) is 0 Å². The molecule has 3 rings (SSSR count). The Labute approximate surface area is 241 Å². The van der Waals surface area contributed by atoms with Gasteiger partial charge in [0.25, 0.3) is 0 Å². The van der Waals surface area contributed by atoms with Gasteiger partial charge in [-0.1, -0.05) is 72.8 Å². The van der Waals surface area contributed by atoms with E-state index in [0.29, 0.717) is 18.8 Å². The Hall–Kier alpha value is -3.65. The maximum atomic E-state index is 12.7. The number of alkyl carbamates (subject to hydrolysis) is 1. The van der Waals surface area contributed by atoms with Crippen LogP contribution in [0.4, 0.5) is 4.79 Å². The Bertz CT molecular complexity index is 1280. The number of benzene rings is 3. The minimum atomic E-state index is -4.14. The molecule has 0 fully saturated rings. The second-order valence-corrected chi connectivity index (χ2v) is 12.5. The lowest BCUT2D eigenvalue weighted by molar-refractivity contribution is -0.144. The Kier molecular flexibility index (Phi) is 12.0. The van der Waals surface area contributed by atoms with Crippen LogP contribution in [-0.2, 0) is 43.0 Å². The molecule has 9 nitrogen and oxygen atoms in total. The molecule has 0 heterocycles. The molecule has 0 radical (unpaired) electrons. The maximum absolute atomic E-state index is 12.7. The molecule has 41 heavy (non-hydrogen) atoms. The van der Waals surface area contributed by atoms with E-state index in [4.69, 9.17) is 18.7 Å². The molecular formula is C31H38NO8P. The van der Waals surface area contributed by atoms with E-state index in [9.17, 15) is 19.0 Å². The van der Waals surface area contributed by atoms with Gasteiger partial charge in [-0.3, -0.25) is 9.36 Å². The number of nitrogens with one attached hydrogen (secondary N) is 1. The van der Waals surface area contributed by atoms with Crippen molar-refractivity contribution in [3.63, 3.8) is 0 Å². The standard InChI is InChI=1S/C31H38NO8P/c1-31(2,3)40-30(34)32-27(20-24-14-16-28(17-15-24)37-21-25-10-6-4-7-11-25)23-39-41(35,36)19-18-29(33)38-22-26-12-8-5-9-13-26/h4-17,27H,18-23H2,1-3H3,(H,32,34)(H,35,36). The summed E-state index contributed by atoms with van der Waals surface area (Å²) >= 11 is 0. The molecule has 0 aliphatic rings. The van der Waals surface area contributed by atoms with Crippen LogP contribution in [-0.4, -0.2) is 41.4 Å². The highest BCUT2D eigenvalue weighted by Gasteiger charge is 2.26. The minimum absolute atomic E-state index is 0.0776. The lowest BCUT2D eigenvalue weighted by Crippen LogP contribution is -2.42.